The lowest BCUT2D eigenvalue weighted by Crippen LogP contribution is -2.54. The Morgan fingerprint density at radius 3 is 2.14 bits per heavy atom. The van der Waals surface area contributed by atoms with Crippen molar-refractivity contribution in [2.45, 2.75) is 40.2 Å². The number of carboxylic acid groups (broad SMARTS) is 1. The third-order valence-corrected chi connectivity index (χ3v) is 3.37. The van der Waals surface area contributed by atoms with Gasteiger partial charge in [-0.3, -0.25) is 4.79 Å². The van der Waals surface area contributed by atoms with Crippen molar-refractivity contribution in [2.75, 3.05) is 13.2 Å². The van der Waals surface area contributed by atoms with Gasteiger partial charge < -0.3 is 14.7 Å². The van der Waals surface area contributed by atoms with Gasteiger partial charge in [-0.05, 0) is 57.9 Å². The van der Waals surface area contributed by atoms with Crippen molar-refractivity contribution in [3.05, 3.63) is 29.3 Å². The van der Waals surface area contributed by atoms with E-state index in [0.29, 0.717) is 12.3 Å². The van der Waals surface area contributed by atoms with E-state index in [1.807, 2.05) is 32.0 Å². The first kappa shape index (κ1) is 17.0. The van der Waals surface area contributed by atoms with E-state index in [9.17, 15) is 14.7 Å². The molecule has 1 amide bonds. The maximum atomic E-state index is 12.2. The molecule has 1 aromatic rings. The molecule has 0 atom stereocenters. The molecule has 5 nitrogen and oxygen atoms in total. The summed E-state index contributed by atoms with van der Waals surface area (Å²) in [6, 6.07) is 5.71. The molecule has 1 rings (SSSR count). The molecule has 0 aliphatic rings. The molecule has 0 aliphatic heterocycles. The van der Waals surface area contributed by atoms with Crippen LogP contribution in [0.15, 0.2) is 18.2 Å². The van der Waals surface area contributed by atoms with Crippen LogP contribution in [0.1, 0.15) is 31.9 Å². The highest BCUT2D eigenvalue weighted by Gasteiger charge is 2.36. The van der Waals surface area contributed by atoms with Crippen LogP contribution in [0.3, 0.4) is 0 Å². The van der Waals surface area contributed by atoms with Gasteiger partial charge in [-0.15, -0.1) is 0 Å². The number of aliphatic carboxylic acids is 1. The maximum Gasteiger partial charge on any atom is 0.329 e. The van der Waals surface area contributed by atoms with Crippen LogP contribution >= 0.6 is 0 Å². The number of amides is 1. The molecule has 0 saturated heterocycles. The van der Waals surface area contributed by atoms with E-state index >= 15 is 0 Å². The number of carbonyl (C=O) groups excluding carboxylic acids is 1. The van der Waals surface area contributed by atoms with Crippen molar-refractivity contribution >= 4 is 11.9 Å². The van der Waals surface area contributed by atoms with Crippen LogP contribution in [0.4, 0.5) is 0 Å². The number of benzene rings is 1. The average Bonchev–Trinajstić information content (AvgIpc) is 2.35. The smallest absolute Gasteiger partial charge is 0.329 e. The first-order valence-electron chi connectivity index (χ1n) is 6.93. The lowest BCUT2D eigenvalue weighted by atomic mass is 10.0. The van der Waals surface area contributed by atoms with Crippen LogP contribution < -0.4 is 4.74 Å². The van der Waals surface area contributed by atoms with E-state index in [-0.39, 0.29) is 12.5 Å². The summed E-state index contributed by atoms with van der Waals surface area (Å²) >= 11 is 0. The summed E-state index contributed by atoms with van der Waals surface area (Å²) < 4.78 is 5.50. The molecule has 5 heteroatoms. The second kappa shape index (κ2) is 6.61. The highest BCUT2D eigenvalue weighted by atomic mass is 16.5. The topological polar surface area (TPSA) is 66.8 Å². The van der Waals surface area contributed by atoms with Gasteiger partial charge in [0.15, 0.2) is 6.61 Å². The predicted molar refractivity (Wildman–Crippen MR) is 80.5 cm³/mol. The zero-order valence-electron chi connectivity index (χ0n) is 13.3. The third kappa shape index (κ3) is 4.21. The standard InChI is InChI=1S/C16H23NO4/c1-6-17(16(4,5)15(19)20)14(18)10-21-13-8-11(2)7-12(3)9-13/h7-9H,6,10H2,1-5H3,(H,19,20). The molecule has 0 bridgehead atoms. The Morgan fingerprint density at radius 1 is 1.19 bits per heavy atom. The minimum atomic E-state index is -1.25. The fourth-order valence-corrected chi connectivity index (χ4v) is 2.24. The van der Waals surface area contributed by atoms with Gasteiger partial charge >= 0.3 is 5.97 Å². The Hall–Kier alpha value is -2.04. The highest BCUT2D eigenvalue weighted by molar-refractivity contribution is 5.87. The Labute approximate surface area is 125 Å². The van der Waals surface area contributed by atoms with E-state index in [2.05, 4.69) is 0 Å². The zero-order valence-corrected chi connectivity index (χ0v) is 13.3. The van der Waals surface area contributed by atoms with Gasteiger partial charge in [-0.25, -0.2) is 4.79 Å². The lowest BCUT2D eigenvalue weighted by Gasteiger charge is -2.34. The van der Waals surface area contributed by atoms with E-state index in [1.165, 1.54) is 18.7 Å². The molecule has 1 aromatic carbocycles. The Kier molecular flexibility index (Phi) is 5.35. The number of nitrogens with zero attached hydrogens (tertiary/aromatic N) is 1. The van der Waals surface area contributed by atoms with Crippen molar-refractivity contribution in [3.63, 3.8) is 0 Å². The zero-order chi connectivity index (χ0) is 16.2. The molecule has 0 saturated carbocycles. The van der Waals surface area contributed by atoms with Crippen molar-refractivity contribution in [1.29, 1.82) is 0 Å². The molecule has 0 unspecified atom stereocenters. The van der Waals surface area contributed by atoms with Gasteiger partial charge in [0, 0.05) is 6.54 Å². The van der Waals surface area contributed by atoms with Gasteiger partial charge in [0.25, 0.3) is 5.91 Å². The molecule has 116 valence electrons. The number of rotatable bonds is 6. The van der Waals surface area contributed by atoms with Crippen LogP contribution in [0.25, 0.3) is 0 Å². The van der Waals surface area contributed by atoms with Gasteiger partial charge in [-0.2, -0.15) is 0 Å². The fraction of sp³-hybridized carbons (Fsp3) is 0.500. The monoisotopic (exact) mass is 293 g/mol. The van der Waals surface area contributed by atoms with Crippen LogP contribution in [-0.4, -0.2) is 40.6 Å². The first-order chi connectivity index (χ1) is 9.68. The summed E-state index contributed by atoms with van der Waals surface area (Å²) in [5.41, 5.74) is 0.851. The number of carboxylic acids is 1. The predicted octanol–water partition coefficient (Wildman–Crippen LogP) is 2.39. The molecular weight excluding hydrogens is 270 g/mol. The Morgan fingerprint density at radius 2 is 1.71 bits per heavy atom. The maximum absolute atomic E-state index is 12.2. The van der Waals surface area contributed by atoms with Crippen LogP contribution in [0, 0.1) is 13.8 Å². The number of likely N-dealkylation sites (N-methyl/N-ethyl adjacent to an activating group) is 1. The van der Waals surface area contributed by atoms with Crippen LogP contribution in [-0.2, 0) is 9.59 Å². The summed E-state index contributed by atoms with van der Waals surface area (Å²) in [5.74, 6) is -0.766. The number of ether oxygens (including phenoxy) is 1. The number of hydrogen-bond donors (Lipinski definition) is 1. The van der Waals surface area contributed by atoms with E-state index in [1.54, 1.807) is 6.92 Å². The molecular formula is C16H23NO4. The highest BCUT2D eigenvalue weighted by Crippen LogP contribution is 2.18. The number of hydrogen-bond acceptors (Lipinski definition) is 3. The minimum absolute atomic E-state index is 0.173. The SMILES string of the molecule is CCN(C(=O)COc1cc(C)cc(C)c1)C(C)(C)C(=O)O. The van der Waals surface area contributed by atoms with Crippen LogP contribution in [0.2, 0.25) is 0 Å². The fourth-order valence-electron chi connectivity index (χ4n) is 2.24. The van der Waals surface area contributed by atoms with Gasteiger partial charge in [0.2, 0.25) is 0 Å². The normalized spacial score (nSPS) is 11.1. The number of aryl methyl sites for hydroxylation is 2. The molecule has 0 spiro atoms. The van der Waals surface area contributed by atoms with Gasteiger partial charge in [-0.1, -0.05) is 6.07 Å². The third-order valence-electron chi connectivity index (χ3n) is 3.37. The van der Waals surface area contributed by atoms with E-state index in [0.717, 1.165) is 11.1 Å². The van der Waals surface area contributed by atoms with Crippen molar-refractivity contribution in [3.8, 4) is 5.75 Å². The van der Waals surface area contributed by atoms with E-state index in [4.69, 9.17) is 4.74 Å². The van der Waals surface area contributed by atoms with Crippen molar-refractivity contribution in [1.82, 2.24) is 4.90 Å². The van der Waals surface area contributed by atoms with Crippen molar-refractivity contribution < 1.29 is 19.4 Å². The molecule has 0 aliphatic carbocycles. The van der Waals surface area contributed by atoms with Crippen molar-refractivity contribution in [2.24, 2.45) is 0 Å². The van der Waals surface area contributed by atoms with Gasteiger partial charge in [0.1, 0.15) is 11.3 Å². The lowest BCUT2D eigenvalue weighted by molar-refractivity contribution is -0.157. The quantitative estimate of drug-likeness (QED) is 0.874. The molecule has 0 aromatic heterocycles. The van der Waals surface area contributed by atoms with Gasteiger partial charge in [0.05, 0.1) is 0 Å². The molecule has 0 radical (unpaired) electrons. The average molecular weight is 293 g/mol. The summed E-state index contributed by atoms with van der Waals surface area (Å²) in [4.78, 5) is 24.8. The molecule has 0 heterocycles. The Bertz CT molecular complexity index is 517. The number of carbonyl (C=O) groups is 2. The summed E-state index contributed by atoms with van der Waals surface area (Å²) in [6.45, 7) is 8.81. The largest absolute Gasteiger partial charge is 0.484 e. The van der Waals surface area contributed by atoms with E-state index < -0.39 is 11.5 Å². The summed E-state index contributed by atoms with van der Waals surface area (Å²) in [7, 11) is 0. The second-order valence-corrected chi connectivity index (χ2v) is 5.61. The minimum Gasteiger partial charge on any atom is -0.484 e. The van der Waals surface area contributed by atoms with Crippen LogP contribution in [0.5, 0.6) is 5.75 Å². The first-order valence-corrected chi connectivity index (χ1v) is 6.93. The summed E-state index contributed by atoms with van der Waals surface area (Å²) in [5, 5.41) is 9.22. The molecule has 1 N–H and O–H groups in total. The summed E-state index contributed by atoms with van der Waals surface area (Å²) in [6.07, 6.45) is 0. The molecule has 0 fully saturated rings. The second-order valence-electron chi connectivity index (χ2n) is 5.61. The molecule has 21 heavy (non-hydrogen) atoms. The Balaban J connectivity index is 2.78.